The molecule has 1 N–H and O–H groups in total. The van der Waals surface area contributed by atoms with Crippen LogP contribution in [0.1, 0.15) is 25.5 Å². The van der Waals surface area contributed by atoms with E-state index in [-0.39, 0.29) is 11.6 Å². The first-order chi connectivity index (χ1) is 10.2. The number of fused-ring (bicyclic) bond motifs is 1. The molecule has 0 bridgehead atoms. The lowest BCUT2D eigenvalue weighted by Gasteiger charge is -2.32. The Labute approximate surface area is 124 Å². The zero-order chi connectivity index (χ0) is 14.8. The molecule has 0 fully saturated rings. The second kappa shape index (κ2) is 5.64. The fourth-order valence-electron chi connectivity index (χ4n) is 2.76. The van der Waals surface area contributed by atoms with Gasteiger partial charge in [-0.3, -0.25) is 4.79 Å². The molecule has 0 amide bonds. The molecule has 1 aliphatic heterocycles. The summed E-state index contributed by atoms with van der Waals surface area (Å²) in [7, 11) is 0. The highest BCUT2D eigenvalue weighted by Crippen LogP contribution is 2.37. The summed E-state index contributed by atoms with van der Waals surface area (Å²) in [5.41, 5.74) is 2.17. The smallest absolute Gasteiger partial charge is 0.250 e. The summed E-state index contributed by atoms with van der Waals surface area (Å²) in [6.07, 6.45) is 1.88. The molecule has 0 spiro atoms. The van der Waals surface area contributed by atoms with Gasteiger partial charge in [0.05, 0.1) is 18.3 Å². The van der Waals surface area contributed by atoms with Gasteiger partial charge in [-0.2, -0.15) is 0 Å². The molecule has 0 radical (unpaired) electrons. The van der Waals surface area contributed by atoms with Gasteiger partial charge in [-0.05, 0) is 19.1 Å². The van der Waals surface area contributed by atoms with Crippen LogP contribution in [0, 0.1) is 5.92 Å². The zero-order valence-electron chi connectivity index (χ0n) is 12.4. The molecule has 2 aromatic rings. The van der Waals surface area contributed by atoms with E-state index in [4.69, 9.17) is 4.74 Å². The molecule has 0 saturated heterocycles. The number of benzene rings is 1. The maximum Gasteiger partial charge on any atom is 0.250 e. The van der Waals surface area contributed by atoms with Gasteiger partial charge < -0.3 is 14.6 Å². The normalized spacial score (nSPS) is 20.5. The number of nitrogens with zero attached hydrogens (tertiary/aromatic N) is 1. The van der Waals surface area contributed by atoms with Gasteiger partial charge in [0.25, 0.3) is 5.56 Å². The number of aromatic nitrogens is 1. The highest BCUT2D eigenvalue weighted by molar-refractivity contribution is 5.47. The summed E-state index contributed by atoms with van der Waals surface area (Å²) < 4.78 is 7.48. The van der Waals surface area contributed by atoms with E-state index >= 15 is 0 Å². The van der Waals surface area contributed by atoms with Gasteiger partial charge in [0.2, 0.25) is 0 Å². The molecule has 2 heterocycles. The van der Waals surface area contributed by atoms with Crippen molar-refractivity contribution in [1.29, 1.82) is 0 Å². The number of ether oxygens (including phenoxy) is 1. The molecule has 2 unspecified atom stereocenters. The standard InChI is InChI=1S/C17H20N2O2/c1-3-19-10-13(8-9-16(19)20)18-17-12(2)11-21-15-7-5-4-6-14(15)17/h4-10,12,17-18H,3,11H2,1-2H3. The SMILES string of the molecule is CCn1cc(NC2c3ccccc3OCC2C)ccc1=O. The Morgan fingerprint density at radius 1 is 1.29 bits per heavy atom. The first-order valence-corrected chi connectivity index (χ1v) is 7.38. The van der Waals surface area contributed by atoms with Crippen LogP contribution in [0.15, 0.2) is 47.4 Å². The van der Waals surface area contributed by atoms with Gasteiger partial charge in [-0.15, -0.1) is 0 Å². The predicted octanol–water partition coefficient (Wildman–Crippen LogP) is 3.05. The molecule has 0 saturated carbocycles. The van der Waals surface area contributed by atoms with Crippen LogP contribution < -0.4 is 15.6 Å². The van der Waals surface area contributed by atoms with Crippen LogP contribution in [0.3, 0.4) is 0 Å². The molecule has 3 rings (SSSR count). The third-order valence-corrected chi connectivity index (χ3v) is 3.97. The molecule has 1 aromatic heterocycles. The van der Waals surface area contributed by atoms with Crippen molar-refractivity contribution in [3.63, 3.8) is 0 Å². The Bertz CT molecular complexity index is 693. The second-order valence-corrected chi connectivity index (χ2v) is 5.49. The van der Waals surface area contributed by atoms with Crippen LogP contribution in [-0.2, 0) is 6.54 Å². The summed E-state index contributed by atoms with van der Waals surface area (Å²) >= 11 is 0. The van der Waals surface area contributed by atoms with Crippen LogP contribution in [0.4, 0.5) is 5.69 Å². The average Bonchev–Trinajstić information content (AvgIpc) is 2.52. The van der Waals surface area contributed by atoms with E-state index in [9.17, 15) is 4.79 Å². The number of nitrogens with one attached hydrogen (secondary N) is 1. The molecule has 4 heteroatoms. The maximum absolute atomic E-state index is 11.7. The van der Waals surface area contributed by atoms with E-state index in [1.165, 1.54) is 5.56 Å². The minimum Gasteiger partial charge on any atom is -0.493 e. The van der Waals surface area contributed by atoms with E-state index in [2.05, 4.69) is 18.3 Å². The molecule has 0 aliphatic carbocycles. The summed E-state index contributed by atoms with van der Waals surface area (Å²) in [5.74, 6) is 1.30. The van der Waals surface area contributed by atoms with E-state index in [0.29, 0.717) is 19.1 Å². The largest absolute Gasteiger partial charge is 0.493 e. The molecule has 2 atom stereocenters. The highest BCUT2D eigenvalue weighted by atomic mass is 16.5. The van der Waals surface area contributed by atoms with Gasteiger partial charge in [-0.25, -0.2) is 0 Å². The van der Waals surface area contributed by atoms with Crippen molar-refractivity contribution in [2.75, 3.05) is 11.9 Å². The van der Waals surface area contributed by atoms with Crippen molar-refractivity contribution in [1.82, 2.24) is 4.57 Å². The molecular weight excluding hydrogens is 264 g/mol. The summed E-state index contributed by atoms with van der Waals surface area (Å²) in [6, 6.07) is 11.8. The highest BCUT2D eigenvalue weighted by Gasteiger charge is 2.27. The fourth-order valence-corrected chi connectivity index (χ4v) is 2.76. The average molecular weight is 284 g/mol. The van der Waals surface area contributed by atoms with Gasteiger partial charge >= 0.3 is 0 Å². The lowest BCUT2D eigenvalue weighted by Crippen LogP contribution is -2.29. The molecule has 110 valence electrons. The summed E-state index contributed by atoms with van der Waals surface area (Å²) in [6.45, 7) is 5.51. The Hall–Kier alpha value is -2.23. The Morgan fingerprint density at radius 2 is 2.10 bits per heavy atom. The molecule has 4 nitrogen and oxygen atoms in total. The van der Waals surface area contributed by atoms with E-state index in [1.54, 1.807) is 10.6 Å². The van der Waals surface area contributed by atoms with Crippen molar-refractivity contribution < 1.29 is 4.74 Å². The molecule has 21 heavy (non-hydrogen) atoms. The number of pyridine rings is 1. The van der Waals surface area contributed by atoms with Gasteiger partial charge in [0.15, 0.2) is 0 Å². The first kappa shape index (κ1) is 13.7. The summed E-state index contributed by atoms with van der Waals surface area (Å²) in [4.78, 5) is 11.7. The number of aryl methyl sites for hydroxylation is 1. The van der Waals surface area contributed by atoms with Crippen molar-refractivity contribution in [3.8, 4) is 5.75 Å². The van der Waals surface area contributed by atoms with Crippen LogP contribution in [0.5, 0.6) is 5.75 Å². The molecule has 1 aromatic carbocycles. The quantitative estimate of drug-likeness (QED) is 0.942. The molecular formula is C17H20N2O2. The topological polar surface area (TPSA) is 43.3 Å². The number of anilines is 1. The second-order valence-electron chi connectivity index (χ2n) is 5.49. The number of hydrogen-bond donors (Lipinski definition) is 1. The van der Waals surface area contributed by atoms with E-state index < -0.39 is 0 Å². The monoisotopic (exact) mass is 284 g/mol. The third-order valence-electron chi connectivity index (χ3n) is 3.97. The lowest BCUT2D eigenvalue weighted by molar-refractivity contribution is 0.214. The van der Waals surface area contributed by atoms with Crippen molar-refractivity contribution in [2.24, 2.45) is 5.92 Å². The van der Waals surface area contributed by atoms with Gasteiger partial charge in [0, 0.05) is 30.3 Å². The Morgan fingerprint density at radius 3 is 2.90 bits per heavy atom. The van der Waals surface area contributed by atoms with Crippen LogP contribution in [0.25, 0.3) is 0 Å². The number of para-hydroxylation sites is 1. The number of rotatable bonds is 3. The van der Waals surface area contributed by atoms with Gasteiger partial charge in [-0.1, -0.05) is 25.1 Å². The minimum absolute atomic E-state index is 0.0310. The lowest BCUT2D eigenvalue weighted by atomic mass is 9.92. The third kappa shape index (κ3) is 2.66. The van der Waals surface area contributed by atoms with E-state index in [0.717, 1.165) is 11.4 Å². The van der Waals surface area contributed by atoms with Crippen LogP contribution >= 0.6 is 0 Å². The first-order valence-electron chi connectivity index (χ1n) is 7.38. The fraction of sp³-hybridized carbons (Fsp3) is 0.353. The zero-order valence-corrected chi connectivity index (χ0v) is 12.4. The van der Waals surface area contributed by atoms with Crippen LogP contribution in [-0.4, -0.2) is 11.2 Å². The molecule has 1 aliphatic rings. The summed E-state index contributed by atoms with van der Waals surface area (Å²) in [5, 5.41) is 3.55. The van der Waals surface area contributed by atoms with Crippen LogP contribution in [0.2, 0.25) is 0 Å². The van der Waals surface area contributed by atoms with Gasteiger partial charge in [0.1, 0.15) is 5.75 Å². The Kier molecular flexibility index (Phi) is 3.69. The van der Waals surface area contributed by atoms with Crippen molar-refractivity contribution in [2.45, 2.75) is 26.4 Å². The minimum atomic E-state index is 0.0310. The van der Waals surface area contributed by atoms with Crippen molar-refractivity contribution in [3.05, 3.63) is 58.5 Å². The van der Waals surface area contributed by atoms with E-state index in [1.807, 2.05) is 37.4 Å². The Balaban J connectivity index is 1.92. The van der Waals surface area contributed by atoms with Crippen molar-refractivity contribution >= 4 is 5.69 Å². The maximum atomic E-state index is 11.7. The number of hydrogen-bond acceptors (Lipinski definition) is 3. The predicted molar refractivity (Wildman–Crippen MR) is 83.8 cm³/mol.